The molecule has 0 rings (SSSR count). The second-order valence-electron chi connectivity index (χ2n) is 1.90. The molecule has 1 nitrogen and oxygen atoms in total. The Balaban J connectivity index is 3.58. The number of ether oxygens (including phenoxy) is 1. The lowest BCUT2D eigenvalue weighted by molar-refractivity contribution is 0.0844. The second-order valence-corrected chi connectivity index (χ2v) is 3.17. The van der Waals surface area contributed by atoms with Crippen molar-refractivity contribution in [3.8, 4) is 0 Å². The zero-order valence-corrected chi connectivity index (χ0v) is 6.84. The van der Waals surface area contributed by atoms with Crippen molar-refractivity contribution in [3.05, 3.63) is 0 Å². The van der Waals surface area contributed by atoms with Crippen LogP contribution in [0.5, 0.6) is 0 Å². The fraction of sp³-hybridized carbons (Fsp3) is 1.00. The van der Waals surface area contributed by atoms with Crippen molar-refractivity contribution in [1.29, 1.82) is 0 Å². The maximum atomic E-state index is 5.20. The lowest BCUT2D eigenvalue weighted by atomic mass is 10.3. The minimum Gasteiger partial charge on any atom is -0.368 e. The molecule has 2 heteroatoms. The van der Waals surface area contributed by atoms with Crippen LogP contribution in [0, 0.1) is 0 Å². The van der Waals surface area contributed by atoms with Crippen molar-refractivity contribution in [2.24, 2.45) is 0 Å². The van der Waals surface area contributed by atoms with E-state index in [2.05, 4.69) is 20.1 Å². The average Bonchev–Trinajstić information content (AvgIpc) is 1.87. The van der Waals surface area contributed by atoms with E-state index in [0.717, 1.165) is 6.42 Å². The summed E-state index contributed by atoms with van der Waals surface area (Å²) < 4.78 is 5.20. The largest absolute Gasteiger partial charge is 0.368 e. The molecule has 1 atom stereocenters. The first kappa shape index (κ1) is 8.31. The normalized spacial score (nSPS) is 18.0. The molecule has 0 aliphatic heterocycles. The molecule has 0 spiro atoms. The SMILES string of the molecule is CCC(C)(OC)SC. The third-order valence-corrected chi connectivity index (χ3v) is 2.82. The van der Waals surface area contributed by atoms with Crippen molar-refractivity contribution < 1.29 is 4.74 Å². The van der Waals surface area contributed by atoms with E-state index in [9.17, 15) is 0 Å². The molecule has 0 N–H and O–H groups in total. The minimum absolute atomic E-state index is 0.0417. The maximum absolute atomic E-state index is 5.20. The van der Waals surface area contributed by atoms with Gasteiger partial charge in [-0.1, -0.05) is 6.92 Å². The van der Waals surface area contributed by atoms with Gasteiger partial charge in [-0.3, -0.25) is 0 Å². The molecule has 0 aromatic carbocycles. The van der Waals surface area contributed by atoms with Gasteiger partial charge < -0.3 is 4.74 Å². The Hall–Kier alpha value is 0.310. The van der Waals surface area contributed by atoms with Gasteiger partial charge in [0.1, 0.15) is 4.93 Å². The van der Waals surface area contributed by atoms with Crippen molar-refractivity contribution in [1.82, 2.24) is 0 Å². The summed E-state index contributed by atoms with van der Waals surface area (Å²) in [5.74, 6) is 0. The van der Waals surface area contributed by atoms with Crippen LogP contribution in [0.2, 0.25) is 0 Å². The van der Waals surface area contributed by atoms with E-state index in [-0.39, 0.29) is 4.93 Å². The molecule has 0 aliphatic rings. The Morgan fingerprint density at radius 2 is 2.12 bits per heavy atom. The van der Waals surface area contributed by atoms with E-state index in [1.165, 1.54) is 0 Å². The fourth-order valence-corrected chi connectivity index (χ4v) is 0.827. The summed E-state index contributed by atoms with van der Waals surface area (Å²) in [7, 11) is 1.75. The summed E-state index contributed by atoms with van der Waals surface area (Å²) in [5.41, 5.74) is 0. The van der Waals surface area contributed by atoms with Crippen LogP contribution in [-0.4, -0.2) is 18.3 Å². The van der Waals surface area contributed by atoms with E-state index in [0.29, 0.717) is 0 Å². The molecule has 0 aromatic heterocycles. The third kappa shape index (κ3) is 2.05. The van der Waals surface area contributed by atoms with Gasteiger partial charge in [-0.15, -0.1) is 11.8 Å². The minimum atomic E-state index is 0.0417. The molecule has 8 heavy (non-hydrogen) atoms. The Bertz CT molecular complexity index is 51.3. The highest BCUT2D eigenvalue weighted by molar-refractivity contribution is 7.99. The first-order valence-electron chi connectivity index (χ1n) is 2.79. The van der Waals surface area contributed by atoms with E-state index in [4.69, 9.17) is 4.74 Å². The van der Waals surface area contributed by atoms with Crippen LogP contribution in [0.3, 0.4) is 0 Å². The van der Waals surface area contributed by atoms with Crippen LogP contribution in [0.1, 0.15) is 20.3 Å². The van der Waals surface area contributed by atoms with Crippen molar-refractivity contribution in [3.63, 3.8) is 0 Å². The van der Waals surface area contributed by atoms with Gasteiger partial charge in [-0.25, -0.2) is 0 Å². The first-order valence-corrected chi connectivity index (χ1v) is 4.01. The highest BCUT2D eigenvalue weighted by Crippen LogP contribution is 2.25. The van der Waals surface area contributed by atoms with Crippen molar-refractivity contribution in [2.45, 2.75) is 25.2 Å². The van der Waals surface area contributed by atoms with Gasteiger partial charge in [-0.2, -0.15) is 0 Å². The molecule has 0 radical (unpaired) electrons. The average molecular weight is 134 g/mol. The fourth-order valence-electron chi connectivity index (χ4n) is 0.372. The van der Waals surface area contributed by atoms with E-state index in [1.807, 2.05) is 0 Å². The summed E-state index contributed by atoms with van der Waals surface area (Å²) in [6.07, 6.45) is 3.12. The maximum Gasteiger partial charge on any atom is 0.110 e. The number of hydrogen-bond acceptors (Lipinski definition) is 2. The predicted octanol–water partition coefficient (Wildman–Crippen LogP) is 2.12. The summed E-state index contributed by atoms with van der Waals surface area (Å²) in [6, 6.07) is 0. The summed E-state index contributed by atoms with van der Waals surface area (Å²) in [6.45, 7) is 4.22. The summed E-state index contributed by atoms with van der Waals surface area (Å²) >= 11 is 1.75. The number of hydrogen-bond donors (Lipinski definition) is 0. The lowest BCUT2D eigenvalue weighted by Gasteiger charge is -2.23. The van der Waals surface area contributed by atoms with E-state index < -0.39 is 0 Å². The van der Waals surface area contributed by atoms with Crippen LogP contribution in [0.25, 0.3) is 0 Å². The van der Waals surface area contributed by atoms with Gasteiger partial charge >= 0.3 is 0 Å². The molecule has 50 valence electrons. The van der Waals surface area contributed by atoms with Gasteiger partial charge in [0.2, 0.25) is 0 Å². The molecule has 0 aliphatic carbocycles. The monoisotopic (exact) mass is 134 g/mol. The van der Waals surface area contributed by atoms with Gasteiger partial charge in [0, 0.05) is 7.11 Å². The molecular formula is C6H14OS. The lowest BCUT2D eigenvalue weighted by Crippen LogP contribution is -2.20. The molecule has 0 heterocycles. The standard InChI is InChI=1S/C6H14OS/c1-5-6(2,7-3)8-4/h5H2,1-4H3. The van der Waals surface area contributed by atoms with Crippen molar-refractivity contribution >= 4 is 11.8 Å². The zero-order valence-electron chi connectivity index (χ0n) is 6.02. The highest BCUT2D eigenvalue weighted by atomic mass is 32.2. The van der Waals surface area contributed by atoms with Gasteiger partial charge in [-0.05, 0) is 19.6 Å². The molecule has 1 unspecified atom stereocenters. The molecule has 0 saturated heterocycles. The van der Waals surface area contributed by atoms with E-state index >= 15 is 0 Å². The number of methoxy groups -OCH3 is 1. The zero-order chi connectivity index (χ0) is 6.62. The topological polar surface area (TPSA) is 9.23 Å². The van der Waals surface area contributed by atoms with Crippen molar-refractivity contribution in [2.75, 3.05) is 13.4 Å². The number of thioether (sulfide) groups is 1. The van der Waals surface area contributed by atoms with Crippen LogP contribution in [0.15, 0.2) is 0 Å². The second kappa shape index (κ2) is 3.36. The highest BCUT2D eigenvalue weighted by Gasteiger charge is 2.17. The summed E-state index contributed by atoms with van der Waals surface area (Å²) in [4.78, 5) is 0.0417. The Kier molecular flexibility index (Phi) is 3.49. The molecule has 0 aromatic rings. The number of rotatable bonds is 3. The molecule has 0 amide bonds. The Morgan fingerprint density at radius 1 is 1.62 bits per heavy atom. The predicted molar refractivity (Wildman–Crippen MR) is 39.2 cm³/mol. The van der Waals surface area contributed by atoms with E-state index in [1.54, 1.807) is 18.9 Å². The Labute approximate surface area is 55.8 Å². The van der Waals surface area contributed by atoms with Gasteiger partial charge in [0.15, 0.2) is 0 Å². The summed E-state index contributed by atoms with van der Waals surface area (Å²) in [5, 5.41) is 0. The molecule has 0 saturated carbocycles. The van der Waals surface area contributed by atoms with Crippen LogP contribution in [0.4, 0.5) is 0 Å². The smallest absolute Gasteiger partial charge is 0.110 e. The molecule has 0 fully saturated rings. The van der Waals surface area contributed by atoms with Crippen LogP contribution in [-0.2, 0) is 4.74 Å². The van der Waals surface area contributed by atoms with Crippen LogP contribution >= 0.6 is 11.8 Å². The third-order valence-electron chi connectivity index (χ3n) is 1.51. The van der Waals surface area contributed by atoms with Crippen LogP contribution < -0.4 is 0 Å². The first-order chi connectivity index (χ1) is 3.68. The molecule has 0 bridgehead atoms. The van der Waals surface area contributed by atoms with Gasteiger partial charge in [0.25, 0.3) is 0 Å². The molecular weight excluding hydrogens is 120 g/mol. The quantitative estimate of drug-likeness (QED) is 0.547. The Morgan fingerprint density at radius 3 is 2.12 bits per heavy atom. The van der Waals surface area contributed by atoms with Gasteiger partial charge in [0.05, 0.1) is 0 Å².